The second-order valence-electron chi connectivity index (χ2n) is 5.79. The van der Waals surface area contributed by atoms with Gasteiger partial charge in [-0.2, -0.15) is 0 Å². The zero-order valence-electron chi connectivity index (χ0n) is 13.7. The maximum absolute atomic E-state index is 4.55. The van der Waals surface area contributed by atoms with Crippen molar-refractivity contribution in [1.82, 2.24) is 14.5 Å². The molecule has 1 N–H and O–H groups in total. The first kappa shape index (κ1) is 14.5. The van der Waals surface area contributed by atoms with Crippen LogP contribution >= 0.6 is 0 Å². The van der Waals surface area contributed by atoms with E-state index >= 15 is 0 Å². The van der Waals surface area contributed by atoms with Crippen molar-refractivity contribution >= 4 is 16.9 Å². The lowest BCUT2D eigenvalue weighted by Crippen LogP contribution is -1.97. The van der Waals surface area contributed by atoms with Crippen molar-refractivity contribution in [2.45, 2.75) is 6.92 Å². The normalized spacial score (nSPS) is 10.9. The number of aryl methyl sites for hydroxylation is 1. The molecule has 4 heteroatoms. The molecule has 0 bridgehead atoms. The molecule has 4 aromatic rings. The third-order valence-corrected chi connectivity index (χ3v) is 4.18. The van der Waals surface area contributed by atoms with Crippen molar-refractivity contribution in [2.75, 3.05) is 12.4 Å². The Morgan fingerprint density at radius 2 is 1.79 bits per heavy atom. The van der Waals surface area contributed by atoms with Gasteiger partial charge in [-0.3, -0.25) is 0 Å². The molecule has 0 fully saturated rings. The van der Waals surface area contributed by atoms with Crippen molar-refractivity contribution in [3.05, 3.63) is 72.7 Å². The van der Waals surface area contributed by atoms with Crippen LogP contribution in [-0.2, 0) is 0 Å². The lowest BCUT2D eigenvalue weighted by molar-refractivity contribution is 1.07. The zero-order chi connectivity index (χ0) is 16.5. The van der Waals surface area contributed by atoms with E-state index in [1.54, 1.807) is 6.33 Å². The van der Waals surface area contributed by atoms with Gasteiger partial charge in [-0.1, -0.05) is 42.5 Å². The summed E-state index contributed by atoms with van der Waals surface area (Å²) in [4.78, 5) is 8.95. The quantitative estimate of drug-likeness (QED) is 0.608. The van der Waals surface area contributed by atoms with Crippen LogP contribution < -0.4 is 5.32 Å². The Kier molecular flexibility index (Phi) is 3.50. The van der Waals surface area contributed by atoms with Crippen LogP contribution in [0.15, 0.2) is 67.1 Å². The monoisotopic (exact) mass is 314 g/mol. The maximum atomic E-state index is 4.55. The predicted molar refractivity (Wildman–Crippen MR) is 98.6 cm³/mol. The second-order valence-corrected chi connectivity index (χ2v) is 5.79. The fourth-order valence-electron chi connectivity index (χ4n) is 3.06. The van der Waals surface area contributed by atoms with E-state index < -0.39 is 0 Å². The highest BCUT2D eigenvalue weighted by Crippen LogP contribution is 2.35. The molecule has 118 valence electrons. The van der Waals surface area contributed by atoms with Crippen LogP contribution in [0.5, 0.6) is 0 Å². The van der Waals surface area contributed by atoms with Gasteiger partial charge in [-0.25, -0.2) is 9.97 Å². The van der Waals surface area contributed by atoms with Crippen LogP contribution in [0.3, 0.4) is 0 Å². The number of fused-ring (bicyclic) bond motifs is 1. The topological polar surface area (TPSA) is 42.7 Å². The zero-order valence-corrected chi connectivity index (χ0v) is 13.7. The van der Waals surface area contributed by atoms with E-state index in [-0.39, 0.29) is 0 Å². The molecule has 0 aliphatic carbocycles. The molecule has 0 saturated carbocycles. The fourth-order valence-corrected chi connectivity index (χ4v) is 3.06. The molecular formula is C20H18N4. The minimum atomic E-state index is 0.838. The highest BCUT2D eigenvalue weighted by molar-refractivity contribution is 6.02. The highest BCUT2D eigenvalue weighted by atomic mass is 15.1. The number of aromatic nitrogens is 3. The minimum Gasteiger partial charge on any atom is -0.372 e. The van der Waals surface area contributed by atoms with Crippen LogP contribution in [0.2, 0.25) is 0 Å². The van der Waals surface area contributed by atoms with E-state index in [0.717, 1.165) is 33.7 Å². The van der Waals surface area contributed by atoms with Gasteiger partial charge < -0.3 is 9.88 Å². The number of nitrogens with one attached hydrogen (secondary N) is 1. The molecular weight excluding hydrogens is 296 g/mol. The summed E-state index contributed by atoms with van der Waals surface area (Å²) in [5.41, 5.74) is 5.50. The summed E-state index contributed by atoms with van der Waals surface area (Å²) >= 11 is 0. The number of hydrogen-bond acceptors (Lipinski definition) is 3. The largest absolute Gasteiger partial charge is 0.372 e. The van der Waals surface area contributed by atoms with E-state index in [9.17, 15) is 0 Å². The Morgan fingerprint density at radius 1 is 0.958 bits per heavy atom. The lowest BCUT2D eigenvalue weighted by atomic mass is 10.1. The average molecular weight is 314 g/mol. The summed E-state index contributed by atoms with van der Waals surface area (Å²) in [6, 6.07) is 18.8. The highest BCUT2D eigenvalue weighted by Gasteiger charge is 2.16. The maximum Gasteiger partial charge on any atom is 0.150 e. The molecule has 2 aromatic carbocycles. The number of rotatable bonds is 3. The number of benzene rings is 2. The van der Waals surface area contributed by atoms with Crippen LogP contribution in [0.4, 0.5) is 5.82 Å². The van der Waals surface area contributed by atoms with Crippen molar-refractivity contribution in [1.29, 1.82) is 0 Å². The molecule has 0 radical (unpaired) electrons. The summed E-state index contributed by atoms with van der Waals surface area (Å²) in [6.45, 7) is 2.10. The number of nitrogens with zero attached hydrogens (tertiary/aromatic N) is 3. The second kappa shape index (κ2) is 5.81. The van der Waals surface area contributed by atoms with Gasteiger partial charge in [0.15, 0.2) is 5.65 Å². The van der Waals surface area contributed by atoms with Gasteiger partial charge in [-0.05, 0) is 30.2 Å². The SMILES string of the molecule is CNc1ncnc2c1c(-c1ccccc1)cn2-c1cccc(C)c1. The summed E-state index contributed by atoms with van der Waals surface area (Å²) in [6.07, 6.45) is 3.75. The third kappa shape index (κ3) is 2.33. The van der Waals surface area contributed by atoms with Crippen LogP contribution in [0.25, 0.3) is 27.8 Å². The van der Waals surface area contributed by atoms with Crippen molar-refractivity contribution in [3.8, 4) is 16.8 Å². The van der Waals surface area contributed by atoms with E-state index in [0.29, 0.717) is 0 Å². The van der Waals surface area contributed by atoms with Gasteiger partial charge in [0.2, 0.25) is 0 Å². The van der Waals surface area contributed by atoms with Gasteiger partial charge in [0.25, 0.3) is 0 Å². The van der Waals surface area contributed by atoms with Crippen LogP contribution in [-0.4, -0.2) is 21.6 Å². The Bertz CT molecular complexity index is 1000. The van der Waals surface area contributed by atoms with E-state index in [2.05, 4.69) is 69.4 Å². The molecule has 0 aliphatic heterocycles. The van der Waals surface area contributed by atoms with E-state index in [1.807, 2.05) is 25.2 Å². The Labute approximate surface area is 140 Å². The molecule has 24 heavy (non-hydrogen) atoms. The molecule has 0 amide bonds. The Morgan fingerprint density at radius 3 is 2.54 bits per heavy atom. The lowest BCUT2D eigenvalue weighted by Gasteiger charge is -2.06. The summed E-state index contributed by atoms with van der Waals surface area (Å²) in [7, 11) is 1.89. The van der Waals surface area contributed by atoms with Gasteiger partial charge in [0, 0.05) is 24.5 Å². The first-order valence-electron chi connectivity index (χ1n) is 7.94. The number of hydrogen-bond donors (Lipinski definition) is 1. The van der Waals surface area contributed by atoms with Gasteiger partial charge >= 0.3 is 0 Å². The standard InChI is InChI=1S/C20H18N4/c1-14-7-6-10-16(11-14)24-12-17(15-8-4-3-5-9-15)18-19(21-2)22-13-23-20(18)24/h3-13H,1-2H3,(H,21,22,23). The molecule has 0 atom stereocenters. The molecule has 2 heterocycles. The molecule has 4 nitrogen and oxygen atoms in total. The molecule has 0 spiro atoms. The average Bonchev–Trinajstić information content (AvgIpc) is 3.02. The van der Waals surface area contributed by atoms with Crippen LogP contribution in [0, 0.1) is 6.92 Å². The Hall–Kier alpha value is -3.14. The first-order valence-corrected chi connectivity index (χ1v) is 7.94. The summed E-state index contributed by atoms with van der Waals surface area (Å²) in [5, 5.41) is 4.23. The molecule has 4 rings (SSSR count). The van der Waals surface area contributed by atoms with Crippen LogP contribution in [0.1, 0.15) is 5.56 Å². The molecule has 0 saturated heterocycles. The van der Waals surface area contributed by atoms with Gasteiger partial charge in [-0.15, -0.1) is 0 Å². The summed E-state index contributed by atoms with van der Waals surface area (Å²) < 4.78 is 2.13. The fraction of sp³-hybridized carbons (Fsp3) is 0.100. The molecule has 2 aromatic heterocycles. The smallest absolute Gasteiger partial charge is 0.150 e. The molecule has 0 aliphatic rings. The van der Waals surface area contributed by atoms with Crippen molar-refractivity contribution in [2.24, 2.45) is 0 Å². The van der Waals surface area contributed by atoms with E-state index in [1.165, 1.54) is 5.56 Å². The first-order chi connectivity index (χ1) is 11.8. The van der Waals surface area contributed by atoms with Crippen molar-refractivity contribution < 1.29 is 0 Å². The predicted octanol–water partition coefficient (Wildman–Crippen LogP) is 4.44. The van der Waals surface area contributed by atoms with E-state index in [4.69, 9.17) is 0 Å². The Balaban J connectivity index is 2.06. The number of anilines is 1. The van der Waals surface area contributed by atoms with Crippen molar-refractivity contribution in [3.63, 3.8) is 0 Å². The van der Waals surface area contributed by atoms with Gasteiger partial charge in [0.05, 0.1) is 5.39 Å². The minimum absolute atomic E-state index is 0.838. The third-order valence-electron chi connectivity index (χ3n) is 4.18. The summed E-state index contributed by atoms with van der Waals surface area (Å²) in [5.74, 6) is 0.838. The van der Waals surface area contributed by atoms with Gasteiger partial charge in [0.1, 0.15) is 12.1 Å². The molecule has 0 unspecified atom stereocenters.